The van der Waals surface area contributed by atoms with E-state index >= 15 is 0 Å². The van der Waals surface area contributed by atoms with Crippen molar-refractivity contribution in [1.82, 2.24) is 5.32 Å². The Hall–Kier alpha value is -0.220. The number of aliphatic imine (C=N–C) groups is 1. The molecule has 0 saturated carbocycles. The fraction of sp³-hybridized carbons (Fsp3) is 0.889. The summed E-state index contributed by atoms with van der Waals surface area (Å²) in [6.45, 7) is 3.98. The molecule has 0 amide bonds. The molecular formula is C9H16N2OS. The average molecular weight is 200 g/mol. The fourth-order valence-corrected chi connectivity index (χ4v) is 2.56. The zero-order valence-electron chi connectivity index (χ0n) is 7.79. The van der Waals surface area contributed by atoms with Crippen molar-refractivity contribution in [2.45, 2.75) is 12.8 Å². The van der Waals surface area contributed by atoms with E-state index < -0.39 is 0 Å². The molecule has 0 aromatic heterocycles. The van der Waals surface area contributed by atoms with E-state index in [1.54, 1.807) is 0 Å². The third-order valence-electron chi connectivity index (χ3n) is 2.35. The predicted molar refractivity (Wildman–Crippen MR) is 56.3 cm³/mol. The lowest BCUT2D eigenvalue weighted by molar-refractivity contribution is 0.189. The Kier molecular flexibility index (Phi) is 3.49. The molecule has 1 unspecified atom stereocenters. The van der Waals surface area contributed by atoms with Crippen LogP contribution >= 0.6 is 11.8 Å². The topological polar surface area (TPSA) is 33.6 Å². The summed E-state index contributed by atoms with van der Waals surface area (Å²) in [7, 11) is 0. The number of thioether (sulfide) groups is 1. The van der Waals surface area contributed by atoms with Gasteiger partial charge in [0.25, 0.3) is 0 Å². The van der Waals surface area contributed by atoms with Crippen LogP contribution in [0.1, 0.15) is 12.8 Å². The monoisotopic (exact) mass is 200 g/mol. The first-order chi connectivity index (χ1) is 6.45. The van der Waals surface area contributed by atoms with Gasteiger partial charge in [-0.1, -0.05) is 11.8 Å². The smallest absolute Gasteiger partial charge is 0.156 e. The molecule has 0 aromatic carbocycles. The first kappa shape index (κ1) is 9.34. The van der Waals surface area contributed by atoms with E-state index in [0.29, 0.717) is 0 Å². The third-order valence-corrected chi connectivity index (χ3v) is 3.53. The Bertz CT molecular complexity index is 190. The van der Waals surface area contributed by atoms with E-state index in [9.17, 15) is 0 Å². The van der Waals surface area contributed by atoms with Crippen molar-refractivity contribution in [3.05, 3.63) is 0 Å². The van der Waals surface area contributed by atoms with Crippen molar-refractivity contribution < 1.29 is 4.74 Å². The van der Waals surface area contributed by atoms with Gasteiger partial charge in [-0.15, -0.1) is 0 Å². The van der Waals surface area contributed by atoms with Crippen molar-refractivity contribution in [2.75, 3.05) is 32.1 Å². The van der Waals surface area contributed by atoms with Gasteiger partial charge in [0, 0.05) is 25.4 Å². The molecule has 1 saturated heterocycles. The minimum atomic E-state index is 0.747. The van der Waals surface area contributed by atoms with Crippen LogP contribution in [-0.2, 0) is 4.74 Å². The molecule has 4 heteroatoms. The lowest BCUT2D eigenvalue weighted by Crippen LogP contribution is -2.27. The molecule has 0 aliphatic carbocycles. The normalized spacial score (nSPS) is 28.3. The van der Waals surface area contributed by atoms with Gasteiger partial charge in [0.05, 0.1) is 6.61 Å². The van der Waals surface area contributed by atoms with Crippen LogP contribution in [0.3, 0.4) is 0 Å². The molecule has 1 atom stereocenters. The number of amidine groups is 1. The molecule has 2 aliphatic heterocycles. The summed E-state index contributed by atoms with van der Waals surface area (Å²) < 4.78 is 5.32. The van der Waals surface area contributed by atoms with Gasteiger partial charge >= 0.3 is 0 Å². The zero-order chi connectivity index (χ0) is 8.93. The molecular weight excluding hydrogens is 184 g/mol. The van der Waals surface area contributed by atoms with Gasteiger partial charge in [-0.3, -0.25) is 4.99 Å². The minimum Gasteiger partial charge on any atom is -0.381 e. The van der Waals surface area contributed by atoms with Gasteiger partial charge < -0.3 is 10.1 Å². The standard InChI is InChI=1S/C9H16N2OS/c1-3-10-9(11-4-1)13-7-8-2-5-12-6-8/h8H,1-7H2,(H,10,11). The van der Waals surface area contributed by atoms with Crippen molar-refractivity contribution in [1.29, 1.82) is 0 Å². The maximum atomic E-state index is 5.32. The van der Waals surface area contributed by atoms with Crippen molar-refractivity contribution in [3.8, 4) is 0 Å². The highest BCUT2D eigenvalue weighted by Gasteiger charge is 2.16. The van der Waals surface area contributed by atoms with Crippen molar-refractivity contribution in [3.63, 3.8) is 0 Å². The largest absolute Gasteiger partial charge is 0.381 e. The second-order valence-corrected chi connectivity index (χ2v) is 4.52. The van der Waals surface area contributed by atoms with Crippen LogP contribution in [0.2, 0.25) is 0 Å². The molecule has 0 radical (unpaired) electrons. The lowest BCUT2D eigenvalue weighted by atomic mass is 10.2. The van der Waals surface area contributed by atoms with E-state index in [1.807, 2.05) is 11.8 Å². The molecule has 2 heterocycles. The molecule has 3 nitrogen and oxygen atoms in total. The van der Waals surface area contributed by atoms with Crippen molar-refractivity contribution in [2.24, 2.45) is 10.9 Å². The van der Waals surface area contributed by atoms with E-state index in [-0.39, 0.29) is 0 Å². The SMILES string of the molecule is C1CN=C(SCC2CCOC2)NC1. The van der Waals surface area contributed by atoms with Gasteiger partial charge in [-0.2, -0.15) is 0 Å². The van der Waals surface area contributed by atoms with Crippen LogP contribution in [0.4, 0.5) is 0 Å². The predicted octanol–water partition coefficient (Wildman–Crippen LogP) is 1.11. The highest BCUT2D eigenvalue weighted by atomic mass is 32.2. The van der Waals surface area contributed by atoms with Crippen LogP contribution in [0.15, 0.2) is 4.99 Å². The lowest BCUT2D eigenvalue weighted by Gasteiger charge is -2.14. The quantitative estimate of drug-likeness (QED) is 0.725. The molecule has 0 bridgehead atoms. The van der Waals surface area contributed by atoms with Gasteiger partial charge in [0.15, 0.2) is 5.17 Å². The third kappa shape index (κ3) is 2.88. The van der Waals surface area contributed by atoms with E-state index in [4.69, 9.17) is 4.74 Å². The molecule has 1 N–H and O–H groups in total. The van der Waals surface area contributed by atoms with Gasteiger partial charge in [0.1, 0.15) is 0 Å². The maximum absolute atomic E-state index is 5.32. The van der Waals surface area contributed by atoms with E-state index in [2.05, 4.69) is 10.3 Å². The molecule has 1 fully saturated rings. The Morgan fingerprint density at radius 2 is 2.62 bits per heavy atom. The highest BCUT2D eigenvalue weighted by molar-refractivity contribution is 8.13. The number of hydrogen-bond acceptors (Lipinski definition) is 4. The summed E-state index contributed by atoms with van der Waals surface area (Å²) in [5, 5.41) is 4.45. The Morgan fingerprint density at radius 3 is 3.31 bits per heavy atom. The zero-order valence-corrected chi connectivity index (χ0v) is 8.61. The summed E-state index contributed by atoms with van der Waals surface area (Å²) in [4.78, 5) is 4.42. The number of nitrogens with zero attached hydrogens (tertiary/aromatic N) is 1. The van der Waals surface area contributed by atoms with Crippen LogP contribution in [0, 0.1) is 5.92 Å². The Morgan fingerprint density at radius 1 is 1.62 bits per heavy atom. The van der Waals surface area contributed by atoms with Crippen molar-refractivity contribution >= 4 is 16.9 Å². The number of rotatable bonds is 2. The summed E-state index contributed by atoms with van der Waals surface area (Å²) >= 11 is 1.85. The van der Waals surface area contributed by atoms with Gasteiger partial charge in [-0.05, 0) is 18.8 Å². The summed E-state index contributed by atoms with van der Waals surface area (Å²) in [6.07, 6.45) is 2.40. The van der Waals surface area contributed by atoms with Crippen LogP contribution in [0.5, 0.6) is 0 Å². The number of hydrogen-bond donors (Lipinski definition) is 1. The summed E-state index contributed by atoms with van der Waals surface area (Å²) in [5.41, 5.74) is 0. The van der Waals surface area contributed by atoms with E-state index in [1.165, 1.54) is 12.8 Å². The molecule has 0 spiro atoms. The molecule has 74 valence electrons. The van der Waals surface area contributed by atoms with Crippen LogP contribution in [-0.4, -0.2) is 37.2 Å². The molecule has 2 aliphatic rings. The first-order valence-corrected chi connectivity index (χ1v) is 5.92. The van der Waals surface area contributed by atoms with Crippen LogP contribution in [0.25, 0.3) is 0 Å². The van der Waals surface area contributed by atoms with E-state index in [0.717, 1.165) is 43.1 Å². The highest BCUT2D eigenvalue weighted by Crippen LogP contribution is 2.19. The first-order valence-electron chi connectivity index (χ1n) is 4.94. The van der Waals surface area contributed by atoms with Crippen LogP contribution < -0.4 is 5.32 Å². The van der Waals surface area contributed by atoms with Gasteiger partial charge in [-0.25, -0.2) is 0 Å². The van der Waals surface area contributed by atoms with Gasteiger partial charge in [0.2, 0.25) is 0 Å². The molecule has 2 rings (SSSR count). The molecule has 0 aromatic rings. The fourth-order valence-electron chi connectivity index (χ4n) is 1.52. The Balaban J connectivity index is 1.68. The second kappa shape index (κ2) is 4.86. The summed E-state index contributed by atoms with van der Waals surface area (Å²) in [6, 6.07) is 0. The number of ether oxygens (including phenoxy) is 1. The molecule has 13 heavy (non-hydrogen) atoms. The Labute approximate surface area is 83.3 Å². The maximum Gasteiger partial charge on any atom is 0.156 e. The second-order valence-electron chi connectivity index (χ2n) is 3.51. The average Bonchev–Trinajstić information content (AvgIpc) is 2.69. The minimum absolute atomic E-state index is 0.747. The number of nitrogens with one attached hydrogen (secondary N) is 1. The summed E-state index contributed by atoms with van der Waals surface area (Å²) in [5.74, 6) is 1.91.